The minimum absolute atomic E-state index is 0.377. The van der Waals surface area contributed by atoms with Crippen molar-refractivity contribution in [3.05, 3.63) is 28.2 Å². The van der Waals surface area contributed by atoms with Crippen LogP contribution in [0.2, 0.25) is 0 Å². The number of halogens is 1. The van der Waals surface area contributed by atoms with Crippen LogP contribution in [0, 0.1) is 0 Å². The van der Waals surface area contributed by atoms with Crippen LogP contribution in [0.1, 0.15) is 31.2 Å². The average molecular weight is 300 g/mol. The second-order valence-electron chi connectivity index (χ2n) is 4.03. The standard InChI is InChI=1S/C12H14BrNOS/c13-11-7-9(5-6-10(11)12(14)16)15-8-3-1-2-4-8/h5-8H,1-4H2,(H2,14,16). The predicted molar refractivity (Wildman–Crippen MR) is 72.9 cm³/mol. The molecule has 2 rings (SSSR count). The maximum Gasteiger partial charge on any atom is 0.120 e. The van der Waals surface area contributed by atoms with E-state index in [-0.39, 0.29) is 0 Å². The van der Waals surface area contributed by atoms with Crippen LogP contribution < -0.4 is 10.5 Å². The number of hydrogen-bond donors (Lipinski definition) is 1. The molecule has 0 aliphatic heterocycles. The summed E-state index contributed by atoms with van der Waals surface area (Å²) in [5.74, 6) is 0.888. The van der Waals surface area contributed by atoms with E-state index in [9.17, 15) is 0 Å². The summed E-state index contributed by atoms with van der Waals surface area (Å²) >= 11 is 8.39. The molecular formula is C12H14BrNOS. The molecular weight excluding hydrogens is 286 g/mol. The SMILES string of the molecule is NC(=S)c1ccc(OC2CCCC2)cc1Br. The molecule has 1 aliphatic carbocycles. The molecule has 2 nitrogen and oxygen atoms in total. The number of nitrogens with two attached hydrogens (primary N) is 1. The van der Waals surface area contributed by atoms with Gasteiger partial charge < -0.3 is 10.5 Å². The van der Waals surface area contributed by atoms with Crippen molar-refractivity contribution in [2.45, 2.75) is 31.8 Å². The van der Waals surface area contributed by atoms with Gasteiger partial charge in [0.25, 0.3) is 0 Å². The fourth-order valence-corrected chi connectivity index (χ4v) is 2.85. The predicted octanol–water partition coefficient (Wildman–Crippen LogP) is 3.40. The lowest BCUT2D eigenvalue weighted by molar-refractivity contribution is 0.210. The molecule has 0 amide bonds. The average Bonchev–Trinajstić information content (AvgIpc) is 2.70. The maximum absolute atomic E-state index is 5.88. The molecule has 1 aromatic carbocycles. The molecule has 86 valence electrons. The van der Waals surface area contributed by atoms with Crippen molar-refractivity contribution in [2.75, 3.05) is 0 Å². The summed E-state index contributed by atoms with van der Waals surface area (Å²) in [6, 6.07) is 5.76. The highest BCUT2D eigenvalue weighted by Crippen LogP contribution is 2.27. The van der Waals surface area contributed by atoms with E-state index in [0.717, 1.165) is 28.6 Å². The fourth-order valence-electron chi connectivity index (χ4n) is 1.97. The van der Waals surface area contributed by atoms with Gasteiger partial charge in [-0.2, -0.15) is 0 Å². The number of benzene rings is 1. The van der Waals surface area contributed by atoms with E-state index in [1.165, 1.54) is 12.8 Å². The van der Waals surface area contributed by atoms with Gasteiger partial charge in [-0.15, -0.1) is 0 Å². The van der Waals surface area contributed by atoms with Crippen molar-refractivity contribution in [3.63, 3.8) is 0 Å². The van der Waals surface area contributed by atoms with Crippen LogP contribution in [0.4, 0.5) is 0 Å². The lowest BCUT2D eigenvalue weighted by atomic mass is 10.2. The first-order valence-corrected chi connectivity index (χ1v) is 6.63. The van der Waals surface area contributed by atoms with Crippen molar-refractivity contribution in [3.8, 4) is 5.75 Å². The molecule has 0 spiro atoms. The van der Waals surface area contributed by atoms with Crippen molar-refractivity contribution in [1.82, 2.24) is 0 Å². The van der Waals surface area contributed by atoms with Crippen molar-refractivity contribution < 1.29 is 4.74 Å². The van der Waals surface area contributed by atoms with Gasteiger partial charge in [0.2, 0.25) is 0 Å². The van der Waals surface area contributed by atoms with Gasteiger partial charge in [-0.3, -0.25) is 0 Å². The Hall–Kier alpha value is -0.610. The molecule has 1 aliphatic rings. The minimum atomic E-state index is 0.377. The molecule has 1 aromatic rings. The third kappa shape index (κ3) is 2.74. The molecule has 4 heteroatoms. The molecule has 0 aromatic heterocycles. The zero-order valence-electron chi connectivity index (χ0n) is 8.91. The third-order valence-corrected chi connectivity index (χ3v) is 3.69. The molecule has 0 saturated heterocycles. The largest absolute Gasteiger partial charge is 0.490 e. The summed E-state index contributed by atoms with van der Waals surface area (Å²) in [5.41, 5.74) is 6.44. The summed E-state index contributed by atoms with van der Waals surface area (Å²) in [6.07, 6.45) is 5.25. The van der Waals surface area contributed by atoms with Gasteiger partial charge in [-0.25, -0.2) is 0 Å². The Balaban J connectivity index is 2.11. The molecule has 0 bridgehead atoms. The van der Waals surface area contributed by atoms with E-state index >= 15 is 0 Å². The van der Waals surface area contributed by atoms with Gasteiger partial charge >= 0.3 is 0 Å². The summed E-state index contributed by atoms with van der Waals surface area (Å²) < 4.78 is 6.78. The zero-order valence-corrected chi connectivity index (χ0v) is 11.3. The van der Waals surface area contributed by atoms with Crippen LogP contribution in [-0.4, -0.2) is 11.1 Å². The number of hydrogen-bond acceptors (Lipinski definition) is 2. The van der Waals surface area contributed by atoms with Crippen LogP contribution in [0.5, 0.6) is 5.75 Å². The van der Waals surface area contributed by atoms with E-state index in [4.69, 9.17) is 22.7 Å². The number of thiocarbonyl (C=S) groups is 1. The summed E-state index contributed by atoms with van der Waals surface area (Å²) in [6.45, 7) is 0. The number of rotatable bonds is 3. The zero-order chi connectivity index (χ0) is 11.5. The smallest absolute Gasteiger partial charge is 0.120 e. The Morgan fingerprint density at radius 3 is 2.62 bits per heavy atom. The topological polar surface area (TPSA) is 35.2 Å². The second kappa shape index (κ2) is 5.15. The molecule has 0 radical (unpaired) electrons. The van der Waals surface area contributed by atoms with Gasteiger partial charge in [0.1, 0.15) is 10.7 Å². The Bertz CT molecular complexity index is 402. The van der Waals surface area contributed by atoms with Crippen LogP contribution in [-0.2, 0) is 0 Å². The van der Waals surface area contributed by atoms with Crippen LogP contribution in [0.3, 0.4) is 0 Å². The van der Waals surface area contributed by atoms with Crippen LogP contribution >= 0.6 is 28.1 Å². The molecule has 1 fully saturated rings. The van der Waals surface area contributed by atoms with Gasteiger partial charge in [-0.1, -0.05) is 12.2 Å². The lowest BCUT2D eigenvalue weighted by Gasteiger charge is -2.14. The lowest BCUT2D eigenvalue weighted by Crippen LogP contribution is -2.12. The Morgan fingerprint density at radius 2 is 2.06 bits per heavy atom. The molecule has 0 atom stereocenters. The van der Waals surface area contributed by atoms with Gasteiger partial charge in [-0.05, 0) is 59.8 Å². The van der Waals surface area contributed by atoms with E-state index in [0.29, 0.717) is 11.1 Å². The van der Waals surface area contributed by atoms with Crippen LogP contribution in [0.25, 0.3) is 0 Å². The number of ether oxygens (including phenoxy) is 1. The van der Waals surface area contributed by atoms with E-state index in [2.05, 4.69) is 15.9 Å². The van der Waals surface area contributed by atoms with Crippen molar-refractivity contribution in [1.29, 1.82) is 0 Å². The molecule has 0 heterocycles. The Kier molecular flexibility index (Phi) is 3.82. The first kappa shape index (κ1) is 11.9. The van der Waals surface area contributed by atoms with Crippen molar-refractivity contribution >= 4 is 33.1 Å². The monoisotopic (exact) mass is 299 g/mol. The molecule has 2 N–H and O–H groups in total. The fraction of sp³-hybridized carbons (Fsp3) is 0.417. The summed E-state index contributed by atoms with van der Waals surface area (Å²) in [5, 5.41) is 0. The first-order valence-electron chi connectivity index (χ1n) is 5.43. The van der Waals surface area contributed by atoms with Gasteiger partial charge in [0.05, 0.1) is 6.10 Å². The normalized spacial score (nSPS) is 16.3. The quantitative estimate of drug-likeness (QED) is 0.869. The summed E-state index contributed by atoms with van der Waals surface area (Å²) in [7, 11) is 0. The Labute approximate surface area is 109 Å². The third-order valence-electron chi connectivity index (χ3n) is 2.81. The first-order chi connectivity index (χ1) is 7.66. The molecule has 0 unspecified atom stereocenters. The minimum Gasteiger partial charge on any atom is -0.490 e. The van der Waals surface area contributed by atoms with Crippen LogP contribution in [0.15, 0.2) is 22.7 Å². The Morgan fingerprint density at radius 1 is 1.38 bits per heavy atom. The van der Waals surface area contributed by atoms with E-state index < -0.39 is 0 Å². The molecule has 1 saturated carbocycles. The summed E-state index contributed by atoms with van der Waals surface area (Å²) in [4.78, 5) is 0.402. The second-order valence-corrected chi connectivity index (χ2v) is 5.32. The van der Waals surface area contributed by atoms with Crippen molar-refractivity contribution in [2.24, 2.45) is 5.73 Å². The highest BCUT2D eigenvalue weighted by molar-refractivity contribution is 9.10. The van der Waals surface area contributed by atoms with E-state index in [1.807, 2.05) is 18.2 Å². The maximum atomic E-state index is 5.88. The highest BCUT2D eigenvalue weighted by Gasteiger charge is 2.16. The van der Waals surface area contributed by atoms with Gasteiger partial charge in [0.15, 0.2) is 0 Å². The van der Waals surface area contributed by atoms with Gasteiger partial charge in [0, 0.05) is 10.0 Å². The highest BCUT2D eigenvalue weighted by atomic mass is 79.9. The molecule has 16 heavy (non-hydrogen) atoms. The van der Waals surface area contributed by atoms with E-state index in [1.54, 1.807) is 0 Å².